The molecule has 5 nitrogen and oxygen atoms in total. The highest BCUT2D eigenvalue weighted by Crippen LogP contribution is 2.45. The van der Waals surface area contributed by atoms with Crippen molar-refractivity contribution in [1.82, 2.24) is 9.55 Å². The highest BCUT2D eigenvalue weighted by molar-refractivity contribution is 6.10. The van der Waals surface area contributed by atoms with E-state index in [1.165, 1.54) is 50.2 Å². The molecule has 0 saturated carbocycles. The van der Waals surface area contributed by atoms with Crippen molar-refractivity contribution in [3.63, 3.8) is 0 Å². The lowest BCUT2D eigenvalue weighted by molar-refractivity contribution is 0.483. The number of fused-ring (bicyclic) bond motifs is 3. The number of aromatic nitrogens is 2. The van der Waals surface area contributed by atoms with Gasteiger partial charge in [-0.3, -0.25) is 4.57 Å². The van der Waals surface area contributed by atoms with Gasteiger partial charge in [0, 0.05) is 57.8 Å². The first kappa shape index (κ1) is 46.4. The van der Waals surface area contributed by atoms with Gasteiger partial charge in [-0.25, -0.2) is 4.98 Å². The van der Waals surface area contributed by atoms with Crippen LogP contribution in [-0.2, 0) is 21.7 Å². The number of benzene rings is 7. The molecule has 0 saturated heterocycles. The maximum atomic E-state index is 7.09. The number of pyridine rings is 1. The molecule has 70 heavy (non-hydrogen) atoms. The normalized spacial score (nSPS) is 13.6. The Labute approximate surface area is 415 Å². The zero-order valence-electron chi connectivity index (χ0n) is 42.8. The molecule has 1 aliphatic rings. The summed E-state index contributed by atoms with van der Waals surface area (Å²) >= 11 is 0. The molecule has 3 heterocycles. The van der Waals surface area contributed by atoms with Crippen molar-refractivity contribution in [2.75, 3.05) is 16.5 Å². The van der Waals surface area contributed by atoms with Crippen LogP contribution < -0.4 is 14.5 Å². The van der Waals surface area contributed by atoms with Gasteiger partial charge < -0.3 is 14.5 Å². The van der Waals surface area contributed by atoms with E-state index in [2.05, 4.69) is 273 Å². The Morgan fingerprint density at radius 3 is 1.67 bits per heavy atom. The van der Waals surface area contributed by atoms with Crippen LogP contribution in [0.15, 0.2) is 194 Å². The fraction of sp³-hybridized carbons (Fsp3) is 0.246. The second-order valence-corrected chi connectivity index (χ2v) is 22.8. The minimum absolute atomic E-state index is 0.00126. The van der Waals surface area contributed by atoms with Crippen molar-refractivity contribution in [3.05, 3.63) is 216 Å². The maximum absolute atomic E-state index is 7.09. The number of ether oxygens (including phenoxy) is 1. The van der Waals surface area contributed by atoms with Crippen molar-refractivity contribution >= 4 is 33.2 Å². The molecular weight excluding hydrogens is 853 g/mol. The molecule has 0 radical (unpaired) electrons. The molecule has 5 heteroatoms. The monoisotopic (exact) mass is 919 g/mol. The van der Waals surface area contributed by atoms with Crippen LogP contribution in [-0.4, -0.2) is 16.2 Å². The molecule has 352 valence electrons. The first-order chi connectivity index (χ1) is 33.3. The third kappa shape index (κ3) is 9.02. The van der Waals surface area contributed by atoms with E-state index >= 15 is 0 Å². The molecule has 10 rings (SSSR count). The van der Waals surface area contributed by atoms with Gasteiger partial charge in [-0.05, 0) is 121 Å². The average Bonchev–Trinajstić information content (AvgIpc) is 3.95. The minimum atomic E-state index is -0.334. The summed E-state index contributed by atoms with van der Waals surface area (Å²) in [6, 6.07) is 63.9. The van der Waals surface area contributed by atoms with E-state index in [0.717, 1.165) is 50.6 Å². The molecule has 0 amide bonds. The van der Waals surface area contributed by atoms with Crippen molar-refractivity contribution in [2.45, 2.75) is 97.8 Å². The lowest BCUT2D eigenvalue weighted by Crippen LogP contribution is -2.34. The van der Waals surface area contributed by atoms with E-state index in [1.54, 1.807) is 0 Å². The molecule has 0 N–H and O–H groups in total. The Kier molecular flexibility index (Phi) is 11.6. The Morgan fingerprint density at radius 1 is 0.429 bits per heavy atom. The van der Waals surface area contributed by atoms with Crippen LogP contribution in [0.4, 0.5) is 11.4 Å². The van der Waals surface area contributed by atoms with Crippen LogP contribution in [0.5, 0.6) is 11.5 Å². The molecule has 0 aliphatic carbocycles. The lowest BCUT2D eigenvalue weighted by atomic mass is 9.80. The summed E-state index contributed by atoms with van der Waals surface area (Å²) < 4.78 is 9.40. The van der Waals surface area contributed by atoms with Gasteiger partial charge in [0.1, 0.15) is 17.3 Å². The van der Waals surface area contributed by atoms with E-state index in [9.17, 15) is 0 Å². The summed E-state index contributed by atoms with van der Waals surface area (Å²) in [6.45, 7) is 25.8. The van der Waals surface area contributed by atoms with Gasteiger partial charge in [0.2, 0.25) is 0 Å². The second-order valence-electron chi connectivity index (χ2n) is 22.8. The zero-order valence-corrected chi connectivity index (χ0v) is 42.8. The van der Waals surface area contributed by atoms with Crippen LogP contribution in [0, 0.1) is 0 Å². The zero-order chi connectivity index (χ0) is 49.2. The van der Waals surface area contributed by atoms with Gasteiger partial charge in [-0.2, -0.15) is 0 Å². The van der Waals surface area contributed by atoms with E-state index in [0.29, 0.717) is 6.67 Å². The number of allylic oxidation sites excluding steroid dienone is 1. The van der Waals surface area contributed by atoms with Gasteiger partial charge in [0.25, 0.3) is 0 Å². The number of hydrogen-bond acceptors (Lipinski definition) is 4. The molecular formula is C65H66N4O. The highest BCUT2D eigenvalue weighted by atomic mass is 16.5. The Hall–Kier alpha value is -7.37. The fourth-order valence-corrected chi connectivity index (χ4v) is 9.89. The van der Waals surface area contributed by atoms with Crippen molar-refractivity contribution in [2.24, 2.45) is 0 Å². The first-order valence-corrected chi connectivity index (χ1v) is 24.8. The second kappa shape index (κ2) is 17.5. The molecule has 0 fully saturated rings. The molecule has 0 bridgehead atoms. The Morgan fingerprint density at radius 2 is 1.03 bits per heavy atom. The Balaban J connectivity index is 1.11. The smallest absolute Gasteiger partial charge is 0.137 e. The molecule has 0 unspecified atom stereocenters. The molecule has 9 aromatic rings. The molecule has 0 atom stereocenters. The average molecular weight is 919 g/mol. The van der Waals surface area contributed by atoms with Crippen molar-refractivity contribution in [3.8, 4) is 39.6 Å². The van der Waals surface area contributed by atoms with Gasteiger partial charge in [0.05, 0.1) is 17.7 Å². The van der Waals surface area contributed by atoms with Crippen molar-refractivity contribution < 1.29 is 4.74 Å². The lowest BCUT2D eigenvalue weighted by Gasteiger charge is -2.35. The van der Waals surface area contributed by atoms with Crippen LogP contribution in [0.1, 0.15) is 98.4 Å². The summed E-state index contributed by atoms with van der Waals surface area (Å²) in [5.41, 5.74) is 14.9. The van der Waals surface area contributed by atoms with E-state index in [4.69, 9.17) is 9.72 Å². The van der Waals surface area contributed by atoms with Crippen LogP contribution in [0.2, 0.25) is 0 Å². The summed E-state index contributed by atoms with van der Waals surface area (Å²) in [5.74, 6) is 2.41. The summed E-state index contributed by atoms with van der Waals surface area (Å²) in [7, 11) is 0. The molecule has 1 aliphatic heterocycles. The topological polar surface area (TPSA) is 33.5 Å². The fourth-order valence-electron chi connectivity index (χ4n) is 9.89. The largest absolute Gasteiger partial charge is 0.457 e. The van der Waals surface area contributed by atoms with Gasteiger partial charge in [-0.1, -0.05) is 179 Å². The standard InChI is InChI=1S/C65H66N4O/c1-62(2,3)49-27-30-58-57(38-49)56-29-28-54(41-59(56)69(58)61-39-50(31-32-66-61)63(4,5)6)70-55-36-47(45-23-17-13-18-24-45)34-52(40-55)67-42-60(65(10,11)48-25-19-14-20-26-48)68(43-67)53-35-46(44-21-15-12-16-22-44)33-51(37-53)64(7,8)9/h12-42H,43H2,1-11H3. The van der Waals surface area contributed by atoms with Gasteiger partial charge >= 0.3 is 0 Å². The van der Waals surface area contributed by atoms with Gasteiger partial charge in [-0.15, -0.1) is 0 Å². The highest BCUT2D eigenvalue weighted by Gasteiger charge is 2.37. The van der Waals surface area contributed by atoms with Crippen molar-refractivity contribution in [1.29, 1.82) is 0 Å². The Bertz CT molecular complexity index is 3400. The predicted octanol–water partition coefficient (Wildman–Crippen LogP) is 17.3. The summed E-state index contributed by atoms with van der Waals surface area (Å²) in [5, 5.41) is 2.37. The van der Waals surface area contributed by atoms with E-state index in [-0.39, 0.29) is 21.7 Å². The molecule has 2 aromatic heterocycles. The quantitative estimate of drug-likeness (QED) is 0.144. The maximum Gasteiger partial charge on any atom is 0.137 e. The van der Waals surface area contributed by atoms with Crippen LogP contribution in [0.3, 0.4) is 0 Å². The molecule has 7 aromatic carbocycles. The number of nitrogens with zero attached hydrogens (tertiary/aromatic N) is 4. The van der Waals surface area contributed by atoms with Crippen LogP contribution >= 0.6 is 0 Å². The SMILES string of the molecule is CC(C)(C)c1cc(-c2ccccc2)cc(N2CN(c3cc(Oc4ccc5c6cc(C(C)(C)C)ccc6n(-c6cc(C(C)(C)C)ccn6)c5c4)cc(-c4ccccc4)c3)C=C2C(C)(C)c2ccccc2)c1. The predicted molar refractivity (Wildman–Crippen MR) is 296 cm³/mol. The molecule has 0 spiro atoms. The van der Waals surface area contributed by atoms with Gasteiger partial charge in [0.15, 0.2) is 0 Å². The first-order valence-electron chi connectivity index (χ1n) is 24.8. The summed E-state index contributed by atoms with van der Waals surface area (Å²) in [4.78, 5) is 9.91. The number of hydrogen-bond donors (Lipinski definition) is 0. The van der Waals surface area contributed by atoms with E-state index < -0.39 is 0 Å². The summed E-state index contributed by atoms with van der Waals surface area (Å²) in [6.07, 6.45) is 4.31. The van der Waals surface area contributed by atoms with Crippen LogP contribution in [0.25, 0.3) is 49.9 Å². The third-order valence-electron chi connectivity index (χ3n) is 14.2. The number of rotatable bonds is 9. The third-order valence-corrected chi connectivity index (χ3v) is 14.2. The van der Waals surface area contributed by atoms with E-state index in [1.807, 2.05) is 6.20 Å². The minimum Gasteiger partial charge on any atom is -0.457 e. The number of anilines is 2.